The van der Waals surface area contributed by atoms with E-state index in [2.05, 4.69) is 29.4 Å². The number of nitrogens with one attached hydrogen (secondary N) is 1. The van der Waals surface area contributed by atoms with E-state index in [1.54, 1.807) is 0 Å². The molecule has 2 heterocycles. The number of hydrogen-bond donors (Lipinski definition) is 1. The third kappa shape index (κ3) is 5.68. The first-order valence-corrected chi connectivity index (χ1v) is 12.9. The number of aryl methyl sites for hydroxylation is 2. The van der Waals surface area contributed by atoms with Crippen molar-refractivity contribution in [2.45, 2.75) is 40.2 Å². The van der Waals surface area contributed by atoms with Gasteiger partial charge in [-0.15, -0.1) is 11.3 Å². The van der Waals surface area contributed by atoms with Crippen molar-refractivity contribution in [3.8, 4) is 10.6 Å². The van der Waals surface area contributed by atoms with E-state index in [9.17, 15) is 9.59 Å². The molecule has 2 amide bonds. The number of carbonyl (C=O) groups excluding carboxylic acids is 2. The highest BCUT2D eigenvalue weighted by atomic mass is 35.5. The van der Waals surface area contributed by atoms with Crippen LogP contribution in [-0.4, -0.2) is 34.8 Å². The van der Waals surface area contributed by atoms with Crippen molar-refractivity contribution < 1.29 is 9.59 Å². The van der Waals surface area contributed by atoms with Gasteiger partial charge in [0, 0.05) is 36.1 Å². The molecule has 1 atom stereocenters. The van der Waals surface area contributed by atoms with Crippen LogP contribution >= 0.6 is 22.9 Å². The van der Waals surface area contributed by atoms with E-state index in [4.69, 9.17) is 11.6 Å². The smallest absolute Gasteiger partial charge is 0.265 e. The number of nitrogens with zero attached hydrogens (tertiary/aromatic N) is 2. The van der Waals surface area contributed by atoms with Crippen LogP contribution in [-0.2, 0) is 11.3 Å². The molecule has 5 nitrogen and oxygen atoms in total. The van der Waals surface area contributed by atoms with Crippen molar-refractivity contribution in [2.24, 2.45) is 11.8 Å². The molecule has 1 aliphatic rings. The first-order valence-electron chi connectivity index (χ1n) is 11.7. The molecule has 34 heavy (non-hydrogen) atoms. The van der Waals surface area contributed by atoms with Crippen molar-refractivity contribution in [2.75, 3.05) is 13.1 Å². The Kier molecular flexibility index (Phi) is 7.69. The molecular weight excluding hydrogens is 466 g/mol. The van der Waals surface area contributed by atoms with Gasteiger partial charge in [-0.25, -0.2) is 4.98 Å². The molecule has 0 bridgehead atoms. The summed E-state index contributed by atoms with van der Waals surface area (Å²) < 4.78 is 0. The van der Waals surface area contributed by atoms with Gasteiger partial charge in [0.2, 0.25) is 5.91 Å². The Bertz CT molecular complexity index is 1170. The Labute approximate surface area is 210 Å². The lowest BCUT2D eigenvalue weighted by Gasteiger charge is -2.34. The van der Waals surface area contributed by atoms with Crippen LogP contribution < -0.4 is 5.32 Å². The lowest BCUT2D eigenvalue weighted by Crippen LogP contribution is -2.42. The van der Waals surface area contributed by atoms with Crippen LogP contribution in [0.2, 0.25) is 5.02 Å². The highest BCUT2D eigenvalue weighted by Gasteiger charge is 2.31. The average Bonchev–Trinajstić information content (AvgIpc) is 3.23. The zero-order valence-electron chi connectivity index (χ0n) is 19.8. The van der Waals surface area contributed by atoms with E-state index >= 15 is 0 Å². The van der Waals surface area contributed by atoms with Gasteiger partial charge in [-0.05, 0) is 50.3 Å². The summed E-state index contributed by atoms with van der Waals surface area (Å²) in [7, 11) is 0. The van der Waals surface area contributed by atoms with Gasteiger partial charge < -0.3 is 10.2 Å². The number of carbonyl (C=O) groups is 2. The summed E-state index contributed by atoms with van der Waals surface area (Å²) in [6, 6.07) is 15.7. The molecule has 1 N–H and O–H groups in total. The number of hydrogen-bond acceptors (Lipinski definition) is 4. The minimum atomic E-state index is -0.102. The van der Waals surface area contributed by atoms with Gasteiger partial charge in [0.1, 0.15) is 9.88 Å². The maximum absolute atomic E-state index is 13.2. The molecule has 7 heteroatoms. The summed E-state index contributed by atoms with van der Waals surface area (Å²) >= 11 is 7.49. The predicted octanol–water partition coefficient (Wildman–Crippen LogP) is 5.89. The molecule has 3 aromatic rings. The molecule has 178 valence electrons. The topological polar surface area (TPSA) is 62.3 Å². The number of thiazole rings is 1. The van der Waals surface area contributed by atoms with Crippen molar-refractivity contribution in [1.29, 1.82) is 0 Å². The molecule has 0 spiro atoms. The summed E-state index contributed by atoms with van der Waals surface area (Å²) in [5.41, 5.74) is 4.00. The van der Waals surface area contributed by atoms with Crippen molar-refractivity contribution in [3.05, 3.63) is 75.3 Å². The molecule has 1 saturated heterocycles. The predicted molar refractivity (Wildman–Crippen MR) is 138 cm³/mol. The van der Waals surface area contributed by atoms with Gasteiger partial charge in [0.15, 0.2) is 0 Å². The normalized spacial score (nSPS) is 15.2. The van der Waals surface area contributed by atoms with E-state index in [0.717, 1.165) is 34.7 Å². The molecule has 2 aromatic carbocycles. The highest BCUT2D eigenvalue weighted by molar-refractivity contribution is 7.17. The minimum Gasteiger partial charge on any atom is -0.352 e. The molecule has 0 unspecified atom stereocenters. The zero-order chi connectivity index (χ0) is 24.2. The van der Waals surface area contributed by atoms with E-state index in [-0.39, 0.29) is 23.7 Å². The van der Waals surface area contributed by atoms with Crippen LogP contribution in [0.4, 0.5) is 0 Å². The fourth-order valence-corrected chi connectivity index (χ4v) is 5.62. The van der Waals surface area contributed by atoms with E-state index in [1.807, 2.05) is 55.1 Å². The van der Waals surface area contributed by atoms with Gasteiger partial charge >= 0.3 is 0 Å². The van der Waals surface area contributed by atoms with Gasteiger partial charge in [0.05, 0.1) is 5.69 Å². The Hall–Kier alpha value is -2.70. The Morgan fingerprint density at radius 1 is 1.15 bits per heavy atom. The van der Waals surface area contributed by atoms with Gasteiger partial charge in [-0.1, -0.05) is 60.5 Å². The third-order valence-corrected chi connectivity index (χ3v) is 8.02. The average molecular weight is 496 g/mol. The highest BCUT2D eigenvalue weighted by Crippen LogP contribution is 2.31. The fraction of sp³-hybridized carbons (Fsp3) is 0.370. The summed E-state index contributed by atoms with van der Waals surface area (Å²) in [4.78, 5) is 33.2. The summed E-state index contributed by atoms with van der Waals surface area (Å²) in [5, 5.41) is 4.57. The second-order valence-corrected chi connectivity index (χ2v) is 10.5. The molecule has 4 rings (SSSR count). The fourth-order valence-electron chi connectivity index (χ4n) is 4.37. The van der Waals surface area contributed by atoms with Gasteiger partial charge in [-0.2, -0.15) is 0 Å². The maximum Gasteiger partial charge on any atom is 0.265 e. The van der Waals surface area contributed by atoms with Gasteiger partial charge in [-0.3, -0.25) is 9.59 Å². The number of likely N-dealkylation sites (tertiary alicyclic amines) is 1. The first-order chi connectivity index (χ1) is 16.3. The Morgan fingerprint density at radius 3 is 2.53 bits per heavy atom. The van der Waals surface area contributed by atoms with Crippen LogP contribution in [0.3, 0.4) is 0 Å². The molecule has 1 fully saturated rings. The van der Waals surface area contributed by atoms with Crippen LogP contribution in [0.1, 0.15) is 46.3 Å². The molecular formula is C27H30ClN3O2S. The van der Waals surface area contributed by atoms with E-state index in [0.29, 0.717) is 29.5 Å². The van der Waals surface area contributed by atoms with Crippen LogP contribution in [0.15, 0.2) is 48.5 Å². The molecule has 0 saturated carbocycles. The lowest BCUT2D eigenvalue weighted by atomic mass is 9.84. The Morgan fingerprint density at radius 2 is 1.85 bits per heavy atom. The SMILES string of the molecule is Cc1ccc(-c2nc(C)c(C(=O)N3CCC([C@H](C)C(=O)NCc4cccc(Cl)c4)CC3)s2)cc1. The maximum atomic E-state index is 13.2. The minimum absolute atomic E-state index is 0.0462. The number of benzene rings is 2. The van der Waals surface area contributed by atoms with E-state index < -0.39 is 0 Å². The summed E-state index contributed by atoms with van der Waals surface area (Å²) in [6.07, 6.45) is 1.64. The first kappa shape index (κ1) is 24.4. The second kappa shape index (κ2) is 10.7. The number of rotatable bonds is 6. The van der Waals surface area contributed by atoms with Crippen LogP contribution in [0.5, 0.6) is 0 Å². The number of amides is 2. The molecule has 1 aromatic heterocycles. The van der Waals surface area contributed by atoms with Crippen LogP contribution in [0, 0.1) is 25.7 Å². The lowest BCUT2D eigenvalue weighted by molar-refractivity contribution is -0.126. The second-order valence-electron chi connectivity index (χ2n) is 9.07. The quantitative estimate of drug-likeness (QED) is 0.464. The summed E-state index contributed by atoms with van der Waals surface area (Å²) in [6.45, 7) is 7.73. The van der Waals surface area contributed by atoms with Crippen molar-refractivity contribution in [3.63, 3.8) is 0 Å². The number of halogens is 1. The Balaban J connectivity index is 1.32. The van der Waals surface area contributed by atoms with E-state index in [1.165, 1.54) is 16.9 Å². The molecule has 0 radical (unpaired) electrons. The van der Waals surface area contributed by atoms with Crippen LogP contribution in [0.25, 0.3) is 10.6 Å². The summed E-state index contributed by atoms with van der Waals surface area (Å²) in [5.74, 6) is 0.250. The largest absolute Gasteiger partial charge is 0.352 e. The zero-order valence-corrected chi connectivity index (χ0v) is 21.4. The number of aromatic nitrogens is 1. The van der Waals surface area contributed by atoms with Crippen molar-refractivity contribution >= 4 is 34.8 Å². The molecule has 0 aliphatic carbocycles. The number of piperidine rings is 1. The van der Waals surface area contributed by atoms with Gasteiger partial charge in [0.25, 0.3) is 5.91 Å². The molecule has 1 aliphatic heterocycles. The monoisotopic (exact) mass is 495 g/mol. The standard InChI is InChI=1S/C27H30ClN3O2S/c1-17-7-9-22(10-8-17)26-30-19(3)24(34-26)27(33)31-13-11-21(12-14-31)18(2)25(32)29-16-20-5-4-6-23(28)15-20/h4-10,15,18,21H,11-14,16H2,1-3H3,(H,29,32)/t18-/m0/s1. The van der Waals surface area contributed by atoms with Crippen molar-refractivity contribution in [1.82, 2.24) is 15.2 Å². The third-order valence-electron chi connectivity index (χ3n) is 6.59.